The van der Waals surface area contributed by atoms with Crippen molar-refractivity contribution in [1.82, 2.24) is 15.1 Å². The number of carbonyl (C=O) groups is 1. The van der Waals surface area contributed by atoms with Crippen LogP contribution in [0.5, 0.6) is 5.75 Å². The summed E-state index contributed by atoms with van der Waals surface area (Å²) in [5, 5.41) is 7.01. The van der Waals surface area contributed by atoms with Gasteiger partial charge in [-0.2, -0.15) is 5.10 Å². The molecule has 134 valence electrons. The van der Waals surface area contributed by atoms with E-state index in [0.717, 1.165) is 28.3 Å². The molecule has 1 heterocycles. The molecule has 0 saturated heterocycles. The molecule has 3 N–H and O–H groups in total. The fourth-order valence-electron chi connectivity index (χ4n) is 2.81. The molecule has 1 amide bonds. The number of amides is 1. The Balaban J connectivity index is 2.20. The lowest BCUT2D eigenvalue weighted by atomic mass is 10.0. The lowest BCUT2D eigenvalue weighted by Crippen LogP contribution is -2.38. The lowest BCUT2D eigenvalue weighted by Gasteiger charge is -2.25. The summed E-state index contributed by atoms with van der Waals surface area (Å²) in [7, 11) is 0. The van der Waals surface area contributed by atoms with Crippen molar-refractivity contribution in [2.75, 3.05) is 13.2 Å². The summed E-state index contributed by atoms with van der Waals surface area (Å²) < 4.78 is 5.68. The Morgan fingerprint density at radius 1 is 1.44 bits per heavy atom. The van der Waals surface area contributed by atoms with Gasteiger partial charge in [-0.1, -0.05) is 30.9 Å². The maximum absolute atomic E-state index is 12.9. The van der Waals surface area contributed by atoms with Gasteiger partial charge >= 0.3 is 0 Å². The lowest BCUT2D eigenvalue weighted by molar-refractivity contribution is -0.133. The van der Waals surface area contributed by atoms with E-state index in [0.29, 0.717) is 19.7 Å². The maximum Gasteiger partial charge on any atom is 0.244 e. The molecule has 0 aliphatic heterocycles. The predicted octanol–water partition coefficient (Wildman–Crippen LogP) is 2.64. The van der Waals surface area contributed by atoms with Crippen LogP contribution in [0.2, 0.25) is 0 Å². The van der Waals surface area contributed by atoms with E-state index in [9.17, 15) is 4.79 Å². The third-order valence-electron chi connectivity index (χ3n) is 4.15. The average Bonchev–Trinajstić information content (AvgIpc) is 2.96. The second-order valence-electron chi connectivity index (χ2n) is 5.89. The number of H-pyrrole nitrogens is 1. The Kier molecular flexibility index (Phi) is 6.36. The highest BCUT2D eigenvalue weighted by molar-refractivity contribution is 5.83. The molecule has 1 atom stereocenters. The number of aromatic amines is 1. The number of aryl methyl sites for hydroxylation is 2. The second kappa shape index (κ2) is 8.48. The summed E-state index contributed by atoms with van der Waals surface area (Å²) in [4.78, 5) is 14.6. The summed E-state index contributed by atoms with van der Waals surface area (Å²) in [6.45, 7) is 10.7. The van der Waals surface area contributed by atoms with Crippen molar-refractivity contribution in [2.24, 2.45) is 5.73 Å². The standard InChI is InChI=1S/C19H26N4O2/c1-5-11-25-16-10-8-7-9-15(16)12-23(6-2)19(24)18(20)17-13(3)21-22-14(17)4/h5,7-10,18H,1,6,11-12,20H2,2-4H3,(H,21,22). The van der Waals surface area contributed by atoms with E-state index in [1.165, 1.54) is 0 Å². The van der Waals surface area contributed by atoms with Crippen molar-refractivity contribution in [3.63, 3.8) is 0 Å². The zero-order valence-electron chi connectivity index (χ0n) is 15.1. The minimum atomic E-state index is -0.736. The number of aromatic nitrogens is 2. The third-order valence-corrected chi connectivity index (χ3v) is 4.15. The summed E-state index contributed by atoms with van der Waals surface area (Å²) in [6, 6.07) is 6.94. The molecule has 0 bridgehead atoms. The quantitative estimate of drug-likeness (QED) is 0.722. The number of hydrogen-bond acceptors (Lipinski definition) is 4. The van der Waals surface area contributed by atoms with Crippen LogP contribution in [-0.4, -0.2) is 34.2 Å². The van der Waals surface area contributed by atoms with Crippen molar-refractivity contribution in [3.05, 3.63) is 59.4 Å². The fourth-order valence-corrected chi connectivity index (χ4v) is 2.81. The van der Waals surface area contributed by atoms with Crippen molar-refractivity contribution >= 4 is 5.91 Å². The molecular weight excluding hydrogens is 316 g/mol. The molecular formula is C19H26N4O2. The molecule has 6 nitrogen and oxygen atoms in total. The zero-order valence-corrected chi connectivity index (χ0v) is 15.1. The number of nitrogens with two attached hydrogens (primary N) is 1. The number of rotatable bonds is 8. The van der Waals surface area contributed by atoms with Gasteiger partial charge in [-0.15, -0.1) is 0 Å². The van der Waals surface area contributed by atoms with E-state index >= 15 is 0 Å². The Morgan fingerprint density at radius 2 is 2.16 bits per heavy atom. The highest BCUT2D eigenvalue weighted by Crippen LogP contribution is 2.23. The molecule has 2 rings (SSSR count). The van der Waals surface area contributed by atoms with Crippen molar-refractivity contribution in [2.45, 2.75) is 33.4 Å². The number of carbonyl (C=O) groups excluding carboxylic acids is 1. The molecule has 0 saturated carbocycles. The number of nitrogens with zero attached hydrogens (tertiary/aromatic N) is 2. The molecule has 2 aromatic rings. The Morgan fingerprint density at radius 3 is 2.76 bits per heavy atom. The molecule has 1 aromatic heterocycles. The van der Waals surface area contributed by atoms with E-state index in [2.05, 4.69) is 16.8 Å². The number of para-hydroxylation sites is 1. The van der Waals surface area contributed by atoms with Crippen LogP contribution in [0.15, 0.2) is 36.9 Å². The third kappa shape index (κ3) is 4.28. The number of ether oxygens (including phenoxy) is 1. The van der Waals surface area contributed by atoms with Crippen LogP contribution < -0.4 is 10.5 Å². The molecule has 1 unspecified atom stereocenters. The van der Waals surface area contributed by atoms with Gasteiger partial charge in [0.15, 0.2) is 0 Å². The van der Waals surface area contributed by atoms with Gasteiger partial charge in [0.25, 0.3) is 0 Å². The molecule has 6 heteroatoms. The van der Waals surface area contributed by atoms with Gasteiger partial charge in [0.05, 0.1) is 5.69 Å². The molecule has 0 aliphatic rings. The summed E-state index contributed by atoms with van der Waals surface area (Å²) in [5.74, 6) is 0.617. The molecule has 0 radical (unpaired) electrons. The number of nitrogens with one attached hydrogen (secondary N) is 1. The van der Waals surface area contributed by atoms with Crippen LogP contribution in [0.4, 0.5) is 0 Å². The summed E-state index contributed by atoms with van der Waals surface area (Å²) >= 11 is 0. The molecule has 0 spiro atoms. The SMILES string of the molecule is C=CCOc1ccccc1CN(CC)C(=O)C(N)c1c(C)n[nH]c1C. The minimum absolute atomic E-state index is 0.131. The Bertz CT molecular complexity index is 719. The van der Waals surface area contributed by atoms with Gasteiger partial charge < -0.3 is 15.4 Å². The highest BCUT2D eigenvalue weighted by Gasteiger charge is 2.26. The molecule has 0 aliphatic carbocycles. The summed E-state index contributed by atoms with van der Waals surface area (Å²) in [5.41, 5.74) is 9.52. The zero-order chi connectivity index (χ0) is 18.4. The normalized spacial score (nSPS) is 11.8. The summed E-state index contributed by atoms with van der Waals surface area (Å²) in [6.07, 6.45) is 1.69. The van der Waals surface area contributed by atoms with E-state index < -0.39 is 6.04 Å². The maximum atomic E-state index is 12.9. The van der Waals surface area contributed by atoms with Gasteiger partial charge in [0, 0.05) is 29.9 Å². The van der Waals surface area contributed by atoms with E-state index in [4.69, 9.17) is 10.5 Å². The fraction of sp³-hybridized carbons (Fsp3) is 0.368. The van der Waals surface area contributed by atoms with Crippen LogP contribution in [0.3, 0.4) is 0 Å². The van der Waals surface area contributed by atoms with Gasteiger partial charge in [0.2, 0.25) is 5.91 Å². The highest BCUT2D eigenvalue weighted by atomic mass is 16.5. The van der Waals surface area contributed by atoms with Crippen LogP contribution >= 0.6 is 0 Å². The second-order valence-corrected chi connectivity index (χ2v) is 5.89. The number of likely N-dealkylation sites (N-methyl/N-ethyl adjacent to an activating group) is 1. The molecule has 0 fully saturated rings. The Labute approximate surface area is 148 Å². The van der Waals surface area contributed by atoms with E-state index in [-0.39, 0.29) is 5.91 Å². The van der Waals surface area contributed by atoms with E-state index in [1.54, 1.807) is 11.0 Å². The van der Waals surface area contributed by atoms with Crippen molar-refractivity contribution in [1.29, 1.82) is 0 Å². The number of benzene rings is 1. The van der Waals surface area contributed by atoms with Crippen LogP contribution in [-0.2, 0) is 11.3 Å². The van der Waals surface area contributed by atoms with Gasteiger partial charge in [-0.3, -0.25) is 9.89 Å². The van der Waals surface area contributed by atoms with Crippen LogP contribution in [0.25, 0.3) is 0 Å². The van der Waals surface area contributed by atoms with E-state index in [1.807, 2.05) is 45.0 Å². The first-order chi connectivity index (χ1) is 12.0. The van der Waals surface area contributed by atoms with Crippen molar-refractivity contribution < 1.29 is 9.53 Å². The van der Waals surface area contributed by atoms with Gasteiger partial charge in [-0.05, 0) is 26.8 Å². The monoisotopic (exact) mass is 342 g/mol. The largest absolute Gasteiger partial charge is 0.489 e. The molecule has 25 heavy (non-hydrogen) atoms. The first-order valence-corrected chi connectivity index (χ1v) is 8.37. The first-order valence-electron chi connectivity index (χ1n) is 8.37. The molecule has 1 aromatic carbocycles. The average molecular weight is 342 g/mol. The first kappa shape index (κ1) is 18.7. The van der Waals surface area contributed by atoms with Gasteiger partial charge in [0.1, 0.15) is 18.4 Å². The Hall–Kier alpha value is -2.60. The van der Waals surface area contributed by atoms with Crippen LogP contribution in [0, 0.1) is 13.8 Å². The smallest absolute Gasteiger partial charge is 0.244 e. The van der Waals surface area contributed by atoms with Crippen LogP contribution in [0.1, 0.15) is 35.5 Å². The topological polar surface area (TPSA) is 84.2 Å². The van der Waals surface area contributed by atoms with Gasteiger partial charge in [-0.25, -0.2) is 0 Å². The van der Waals surface area contributed by atoms with Crippen molar-refractivity contribution in [3.8, 4) is 5.75 Å². The minimum Gasteiger partial charge on any atom is -0.489 e. The predicted molar refractivity (Wildman–Crippen MR) is 98.2 cm³/mol. The number of hydrogen-bond donors (Lipinski definition) is 2.